The quantitative estimate of drug-likeness (QED) is 0.266. The second-order valence-corrected chi connectivity index (χ2v) is 9.03. The van der Waals surface area contributed by atoms with Crippen LogP contribution in [0.4, 0.5) is 15.9 Å². The molecule has 2 heterocycles. The summed E-state index contributed by atoms with van der Waals surface area (Å²) in [6, 6.07) is 17.1. The molecule has 2 aromatic heterocycles. The van der Waals surface area contributed by atoms with Gasteiger partial charge in [0.05, 0.1) is 16.8 Å². The van der Waals surface area contributed by atoms with Crippen LogP contribution in [0.3, 0.4) is 0 Å². The third-order valence-corrected chi connectivity index (χ3v) is 6.52. The number of aliphatic carboxylic acids is 1. The predicted molar refractivity (Wildman–Crippen MR) is 132 cm³/mol. The van der Waals surface area contributed by atoms with Crippen LogP contribution in [0.25, 0.3) is 20.3 Å². The molecule has 5 rings (SSSR count). The molecule has 9 heteroatoms. The van der Waals surface area contributed by atoms with Gasteiger partial charge in [0.15, 0.2) is 0 Å². The highest BCUT2D eigenvalue weighted by molar-refractivity contribution is 7.25. The summed E-state index contributed by atoms with van der Waals surface area (Å²) in [4.78, 5) is 20.6. The Morgan fingerprint density at radius 2 is 1.97 bits per heavy atom. The number of carbonyl (C=O) groups is 1. The maximum absolute atomic E-state index is 13.4. The highest BCUT2D eigenvalue weighted by atomic mass is 35.5. The van der Waals surface area contributed by atoms with Crippen molar-refractivity contribution in [3.05, 3.63) is 89.0 Å². The standard InChI is InChI=1S/C25H17ClFN3O3S/c26-19-11-17(5-7-20(19)33-12-15-2-1-3-16(27)8-15)30-24-23-18-6-4-14(10-22(31)32)9-21(18)34-25(23)29-13-28-24/h1-9,11,13H,10,12H2,(H,31,32)(H,28,29,30). The summed E-state index contributed by atoms with van der Waals surface area (Å²) in [6.07, 6.45) is 1.45. The van der Waals surface area contributed by atoms with Gasteiger partial charge in [-0.2, -0.15) is 0 Å². The maximum atomic E-state index is 13.4. The lowest BCUT2D eigenvalue weighted by Crippen LogP contribution is -1.99. The van der Waals surface area contributed by atoms with Crippen molar-refractivity contribution >= 4 is 60.7 Å². The third kappa shape index (κ3) is 4.64. The normalized spacial score (nSPS) is 11.1. The van der Waals surface area contributed by atoms with Gasteiger partial charge in [0.1, 0.15) is 35.1 Å². The van der Waals surface area contributed by atoms with Crippen LogP contribution >= 0.6 is 22.9 Å². The van der Waals surface area contributed by atoms with Crippen LogP contribution in [0.15, 0.2) is 67.0 Å². The topological polar surface area (TPSA) is 84.3 Å². The minimum atomic E-state index is -0.872. The molecule has 3 aromatic carbocycles. The molecule has 170 valence electrons. The van der Waals surface area contributed by atoms with E-state index in [1.54, 1.807) is 30.3 Å². The molecule has 2 N–H and O–H groups in total. The average Bonchev–Trinajstić information content (AvgIpc) is 3.17. The Morgan fingerprint density at radius 3 is 2.76 bits per heavy atom. The second-order valence-electron chi connectivity index (χ2n) is 7.59. The number of hydrogen-bond donors (Lipinski definition) is 2. The van der Waals surface area contributed by atoms with Crippen molar-refractivity contribution in [1.82, 2.24) is 9.97 Å². The smallest absolute Gasteiger partial charge is 0.307 e. The Bertz CT molecular complexity index is 1540. The molecule has 0 spiro atoms. The first-order chi connectivity index (χ1) is 16.5. The minimum Gasteiger partial charge on any atom is -0.487 e. The number of aromatic nitrogens is 2. The first kappa shape index (κ1) is 22.1. The van der Waals surface area contributed by atoms with Gasteiger partial charge in [-0.3, -0.25) is 4.79 Å². The lowest BCUT2D eigenvalue weighted by Gasteiger charge is -2.11. The number of rotatable bonds is 7. The molecule has 0 fully saturated rings. The minimum absolute atomic E-state index is 0.0346. The van der Waals surface area contributed by atoms with Gasteiger partial charge in [-0.05, 0) is 47.5 Å². The number of halogens is 2. The fourth-order valence-corrected chi connectivity index (χ4v) is 4.99. The molecule has 34 heavy (non-hydrogen) atoms. The van der Waals surface area contributed by atoms with E-state index in [2.05, 4.69) is 15.3 Å². The van der Waals surface area contributed by atoms with Crippen molar-refractivity contribution in [2.24, 2.45) is 0 Å². The Kier molecular flexibility index (Phi) is 6.00. The highest BCUT2D eigenvalue weighted by Crippen LogP contribution is 2.38. The number of thiophene rings is 1. The molecule has 0 aliphatic heterocycles. The van der Waals surface area contributed by atoms with Crippen LogP contribution in [0, 0.1) is 5.82 Å². The molecule has 0 aliphatic carbocycles. The number of anilines is 2. The highest BCUT2D eigenvalue weighted by Gasteiger charge is 2.14. The van der Waals surface area contributed by atoms with E-state index < -0.39 is 5.97 Å². The van der Waals surface area contributed by atoms with Gasteiger partial charge < -0.3 is 15.2 Å². The molecular formula is C25H17ClFN3O3S. The molecule has 0 bridgehead atoms. The zero-order valence-electron chi connectivity index (χ0n) is 17.6. The van der Waals surface area contributed by atoms with Crippen LogP contribution in [0.2, 0.25) is 5.02 Å². The average molecular weight is 494 g/mol. The Labute approximate surface area is 202 Å². The van der Waals surface area contributed by atoms with Crippen LogP contribution in [-0.2, 0) is 17.8 Å². The monoisotopic (exact) mass is 493 g/mol. The van der Waals surface area contributed by atoms with E-state index >= 15 is 0 Å². The van der Waals surface area contributed by atoms with E-state index in [0.29, 0.717) is 27.8 Å². The Hall–Kier alpha value is -3.75. The van der Waals surface area contributed by atoms with Gasteiger partial charge in [0, 0.05) is 15.8 Å². The molecular weight excluding hydrogens is 477 g/mol. The number of benzene rings is 3. The van der Waals surface area contributed by atoms with Gasteiger partial charge in [-0.25, -0.2) is 14.4 Å². The van der Waals surface area contributed by atoms with E-state index in [1.165, 1.54) is 29.8 Å². The molecule has 0 unspecified atom stereocenters. The molecule has 0 saturated heterocycles. The number of carboxylic acid groups (broad SMARTS) is 1. The zero-order chi connectivity index (χ0) is 23.7. The van der Waals surface area contributed by atoms with Gasteiger partial charge in [0.2, 0.25) is 0 Å². The molecule has 6 nitrogen and oxygen atoms in total. The summed E-state index contributed by atoms with van der Waals surface area (Å²) in [5.74, 6) is -0.0900. The Morgan fingerprint density at radius 1 is 1.09 bits per heavy atom. The molecule has 0 aliphatic rings. The fraction of sp³-hybridized carbons (Fsp3) is 0.0800. The third-order valence-electron chi connectivity index (χ3n) is 5.17. The largest absolute Gasteiger partial charge is 0.487 e. The summed E-state index contributed by atoms with van der Waals surface area (Å²) in [5, 5.41) is 14.6. The lowest BCUT2D eigenvalue weighted by atomic mass is 10.1. The van der Waals surface area contributed by atoms with Crippen molar-refractivity contribution in [2.75, 3.05) is 5.32 Å². The van der Waals surface area contributed by atoms with Crippen molar-refractivity contribution in [3.8, 4) is 5.75 Å². The number of hydrogen-bond acceptors (Lipinski definition) is 6. The van der Waals surface area contributed by atoms with Crippen LogP contribution in [-0.4, -0.2) is 21.0 Å². The fourth-order valence-electron chi connectivity index (χ4n) is 3.65. The van der Waals surface area contributed by atoms with Gasteiger partial charge in [-0.15, -0.1) is 11.3 Å². The van der Waals surface area contributed by atoms with Crippen LogP contribution in [0.5, 0.6) is 5.75 Å². The number of carboxylic acids is 1. The Balaban J connectivity index is 1.40. The first-order valence-electron chi connectivity index (χ1n) is 10.3. The lowest BCUT2D eigenvalue weighted by molar-refractivity contribution is -0.136. The van der Waals surface area contributed by atoms with Crippen LogP contribution < -0.4 is 10.1 Å². The van der Waals surface area contributed by atoms with Crippen molar-refractivity contribution in [2.45, 2.75) is 13.0 Å². The van der Waals surface area contributed by atoms with Crippen molar-refractivity contribution in [3.63, 3.8) is 0 Å². The SMILES string of the molecule is O=C(O)Cc1ccc2c(c1)sc1ncnc(Nc3ccc(OCc4cccc(F)c4)c(Cl)c3)c12. The molecule has 5 aromatic rings. The molecule has 0 atom stereocenters. The summed E-state index contributed by atoms with van der Waals surface area (Å²) >= 11 is 7.91. The second kappa shape index (κ2) is 9.24. The first-order valence-corrected chi connectivity index (χ1v) is 11.5. The summed E-state index contributed by atoms with van der Waals surface area (Å²) in [5.41, 5.74) is 2.15. The predicted octanol–water partition coefficient (Wildman–Crippen LogP) is 6.59. The molecule has 0 amide bonds. The summed E-state index contributed by atoms with van der Waals surface area (Å²) in [6.45, 7) is 0.196. The number of nitrogens with one attached hydrogen (secondary N) is 1. The number of nitrogens with zero attached hydrogens (tertiary/aromatic N) is 2. The van der Waals surface area contributed by atoms with E-state index in [1.807, 2.05) is 18.2 Å². The summed E-state index contributed by atoms with van der Waals surface area (Å²) in [7, 11) is 0. The molecule has 0 saturated carbocycles. The van der Waals surface area contributed by atoms with Crippen LogP contribution in [0.1, 0.15) is 11.1 Å². The van der Waals surface area contributed by atoms with E-state index in [4.69, 9.17) is 21.4 Å². The summed E-state index contributed by atoms with van der Waals surface area (Å²) < 4.78 is 20.1. The molecule has 0 radical (unpaired) electrons. The van der Waals surface area contributed by atoms with Gasteiger partial charge in [0.25, 0.3) is 0 Å². The van der Waals surface area contributed by atoms with E-state index in [9.17, 15) is 9.18 Å². The number of fused-ring (bicyclic) bond motifs is 3. The van der Waals surface area contributed by atoms with Gasteiger partial charge in [-0.1, -0.05) is 35.9 Å². The van der Waals surface area contributed by atoms with Crippen molar-refractivity contribution in [1.29, 1.82) is 0 Å². The van der Waals surface area contributed by atoms with Crippen molar-refractivity contribution < 1.29 is 19.0 Å². The van der Waals surface area contributed by atoms with E-state index in [-0.39, 0.29) is 18.8 Å². The number of ether oxygens (including phenoxy) is 1. The van der Waals surface area contributed by atoms with E-state index in [0.717, 1.165) is 25.9 Å². The maximum Gasteiger partial charge on any atom is 0.307 e. The van der Waals surface area contributed by atoms with Gasteiger partial charge >= 0.3 is 5.97 Å². The zero-order valence-corrected chi connectivity index (χ0v) is 19.2.